The molecule has 0 atom stereocenters. The van der Waals surface area contributed by atoms with Gasteiger partial charge in [0.15, 0.2) is 17.8 Å². The lowest BCUT2D eigenvalue weighted by Gasteiger charge is -2.12. The van der Waals surface area contributed by atoms with Crippen LogP contribution in [0.25, 0.3) is 0 Å². The fraction of sp³-hybridized carbons (Fsp3) is 0.333. The Balaban J connectivity index is 2.16. The summed E-state index contributed by atoms with van der Waals surface area (Å²) in [4.78, 5) is 11.1. The summed E-state index contributed by atoms with van der Waals surface area (Å²) in [7, 11) is 0. The van der Waals surface area contributed by atoms with E-state index in [4.69, 9.17) is 9.47 Å². The number of hydrogen-bond donors (Lipinski definition) is 0. The van der Waals surface area contributed by atoms with Crippen molar-refractivity contribution < 1.29 is 14.3 Å². The summed E-state index contributed by atoms with van der Waals surface area (Å²) in [5, 5.41) is 4.18. The van der Waals surface area contributed by atoms with Crippen LogP contribution in [-0.2, 0) is 13.2 Å². The number of para-hydroxylation sites is 1. The van der Waals surface area contributed by atoms with Crippen molar-refractivity contribution in [1.29, 1.82) is 0 Å². The van der Waals surface area contributed by atoms with Crippen molar-refractivity contribution in [1.82, 2.24) is 9.78 Å². The van der Waals surface area contributed by atoms with Gasteiger partial charge in [0.1, 0.15) is 6.61 Å². The van der Waals surface area contributed by atoms with Gasteiger partial charge in [-0.25, -0.2) is 0 Å². The van der Waals surface area contributed by atoms with Crippen molar-refractivity contribution in [2.75, 3.05) is 6.61 Å². The average Bonchev–Trinajstić information content (AvgIpc) is 2.94. The molecule has 5 nitrogen and oxygen atoms in total. The Hall–Kier alpha value is -2.30. The SMILES string of the molecule is CCOc1cccc(C=O)c1OCc1cnn(CC)c1. The lowest BCUT2D eigenvalue weighted by molar-refractivity contribution is 0.111. The van der Waals surface area contributed by atoms with Gasteiger partial charge in [0, 0.05) is 18.3 Å². The fourth-order valence-corrected chi connectivity index (χ4v) is 1.86. The van der Waals surface area contributed by atoms with E-state index in [0.717, 1.165) is 18.4 Å². The Labute approximate surface area is 118 Å². The van der Waals surface area contributed by atoms with Gasteiger partial charge in [-0.2, -0.15) is 5.10 Å². The van der Waals surface area contributed by atoms with Crippen LogP contribution in [0.15, 0.2) is 30.6 Å². The van der Waals surface area contributed by atoms with Gasteiger partial charge in [-0.15, -0.1) is 0 Å². The van der Waals surface area contributed by atoms with E-state index in [-0.39, 0.29) is 0 Å². The zero-order valence-electron chi connectivity index (χ0n) is 11.7. The number of carbonyl (C=O) groups is 1. The minimum atomic E-state index is 0.352. The van der Waals surface area contributed by atoms with E-state index in [0.29, 0.717) is 30.3 Å². The van der Waals surface area contributed by atoms with Gasteiger partial charge in [-0.05, 0) is 26.0 Å². The van der Waals surface area contributed by atoms with Gasteiger partial charge in [-0.1, -0.05) is 6.07 Å². The number of nitrogens with zero attached hydrogens (tertiary/aromatic N) is 2. The van der Waals surface area contributed by atoms with Crippen LogP contribution < -0.4 is 9.47 Å². The van der Waals surface area contributed by atoms with Crippen LogP contribution in [0.4, 0.5) is 0 Å². The first-order valence-corrected chi connectivity index (χ1v) is 6.63. The molecule has 0 radical (unpaired) electrons. The molecule has 0 N–H and O–H groups in total. The molecule has 1 aromatic carbocycles. The predicted molar refractivity (Wildman–Crippen MR) is 75.2 cm³/mol. The highest BCUT2D eigenvalue weighted by Crippen LogP contribution is 2.31. The second kappa shape index (κ2) is 6.75. The molecule has 0 saturated carbocycles. The van der Waals surface area contributed by atoms with Crippen LogP contribution in [0.1, 0.15) is 29.8 Å². The molecule has 0 amide bonds. The molecular formula is C15H18N2O3. The molecule has 0 fully saturated rings. The highest BCUT2D eigenvalue weighted by Gasteiger charge is 2.11. The summed E-state index contributed by atoms with van der Waals surface area (Å²) >= 11 is 0. The number of rotatable bonds is 7. The normalized spacial score (nSPS) is 10.3. The smallest absolute Gasteiger partial charge is 0.172 e. The van der Waals surface area contributed by atoms with E-state index < -0.39 is 0 Å². The van der Waals surface area contributed by atoms with Gasteiger partial charge < -0.3 is 9.47 Å². The minimum absolute atomic E-state index is 0.352. The summed E-state index contributed by atoms with van der Waals surface area (Å²) in [6.45, 7) is 5.60. The Morgan fingerprint density at radius 3 is 2.80 bits per heavy atom. The van der Waals surface area contributed by atoms with Crippen molar-refractivity contribution in [3.8, 4) is 11.5 Å². The molecule has 106 valence electrons. The summed E-state index contributed by atoms with van der Waals surface area (Å²) < 4.78 is 13.1. The second-order valence-corrected chi connectivity index (χ2v) is 4.22. The molecule has 0 spiro atoms. The van der Waals surface area contributed by atoms with E-state index in [1.54, 1.807) is 24.4 Å². The third kappa shape index (κ3) is 3.17. The van der Waals surface area contributed by atoms with Crippen LogP contribution in [0, 0.1) is 0 Å². The van der Waals surface area contributed by atoms with Gasteiger partial charge in [0.25, 0.3) is 0 Å². The number of aromatic nitrogens is 2. The lowest BCUT2D eigenvalue weighted by atomic mass is 10.2. The Morgan fingerprint density at radius 1 is 1.30 bits per heavy atom. The summed E-state index contributed by atoms with van der Waals surface area (Å²) in [5.74, 6) is 1.06. The molecule has 2 aromatic rings. The number of aryl methyl sites for hydroxylation is 1. The maximum absolute atomic E-state index is 11.1. The van der Waals surface area contributed by atoms with Crippen molar-refractivity contribution in [3.05, 3.63) is 41.7 Å². The van der Waals surface area contributed by atoms with E-state index >= 15 is 0 Å². The predicted octanol–water partition coefficient (Wildman–Crippen LogP) is 2.69. The number of aldehydes is 1. The van der Waals surface area contributed by atoms with Gasteiger partial charge in [0.2, 0.25) is 0 Å². The first kappa shape index (κ1) is 14.1. The summed E-state index contributed by atoms with van der Waals surface area (Å²) in [6.07, 6.45) is 4.45. The number of ether oxygens (including phenoxy) is 2. The molecule has 1 aromatic heterocycles. The molecule has 0 bridgehead atoms. The Morgan fingerprint density at radius 2 is 2.15 bits per heavy atom. The third-order valence-electron chi connectivity index (χ3n) is 2.83. The molecule has 1 heterocycles. The largest absolute Gasteiger partial charge is 0.490 e. The minimum Gasteiger partial charge on any atom is -0.490 e. The number of hydrogen-bond acceptors (Lipinski definition) is 4. The molecule has 2 rings (SSSR count). The number of benzene rings is 1. The monoisotopic (exact) mass is 274 g/mol. The third-order valence-corrected chi connectivity index (χ3v) is 2.83. The average molecular weight is 274 g/mol. The maximum atomic E-state index is 11.1. The molecule has 20 heavy (non-hydrogen) atoms. The topological polar surface area (TPSA) is 53.4 Å². The van der Waals surface area contributed by atoms with Crippen LogP contribution in [-0.4, -0.2) is 22.7 Å². The lowest BCUT2D eigenvalue weighted by Crippen LogP contribution is -2.02. The Kier molecular flexibility index (Phi) is 4.76. The van der Waals surface area contributed by atoms with Crippen LogP contribution in [0.2, 0.25) is 0 Å². The van der Waals surface area contributed by atoms with Crippen molar-refractivity contribution in [2.24, 2.45) is 0 Å². The standard InChI is InChI=1S/C15H18N2O3/c1-3-17-9-12(8-16-17)11-20-15-13(10-18)6-5-7-14(15)19-4-2/h5-10H,3-4,11H2,1-2H3. The zero-order chi connectivity index (χ0) is 14.4. The fourth-order valence-electron chi connectivity index (χ4n) is 1.86. The Bertz CT molecular complexity index is 578. The first-order valence-electron chi connectivity index (χ1n) is 6.63. The van der Waals surface area contributed by atoms with Crippen LogP contribution >= 0.6 is 0 Å². The highest BCUT2D eigenvalue weighted by molar-refractivity contribution is 5.81. The van der Waals surface area contributed by atoms with E-state index in [1.165, 1.54) is 0 Å². The van der Waals surface area contributed by atoms with E-state index in [9.17, 15) is 4.79 Å². The molecular weight excluding hydrogens is 256 g/mol. The van der Waals surface area contributed by atoms with Crippen molar-refractivity contribution >= 4 is 6.29 Å². The number of carbonyl (C=O) groups excluding carboxylic acids is 1. The summed E-state index contributed by atoms with van der Waals surface area (Å²) in [6, 6.07) is 5.28. The van der Waals surface area contributed by atoms with E-state index in [1.807, 2.05) is 24.7 Å². The first-order chi connectivity index (χ1) is 9.78. The van der Waals surface area contributed by atoms with Crippen molar-refractivity contribution in [2.45, 2.75) is 27.0 Å². The van der Waals surface area contributed by atoms with Crippen LogP contribution in [0.5, 0.6) is 11.5 Å². The van der Waals surface area contributed by atoms with Crippen molar-refractivity contribution in [3.63, 3.8) is 0 Å². The molecule has 0 aliphatic rings. The quantitative estimate of drug-likeness (QED) is 0.728. The van der Waals surface area contributed by atoms with Crippen LogP contribution in [0.3, 0.4) is 0 Å². The molecule has 0 saturated heterocycles. The van der Waals surface area contributed by atoms with Gasteiger partial charge in [0.05, 0.1) is 18.4 Å². The van der Waals surface area contributed by atoms with Gasteiger partial charge in [-0.3, -0.25) is 9.48 Å². The maximum Gasteiger partial charge on any atom is 0.172 e. The molecule has 0 aliphatic heterocycles. The molecule has 0 unspecified atom stereocenters. The molecule has 5 heteroatoms. The highest BCUT2D eigenvalue weighted by atomic mass is 16.5. The van der Waals surface area contributed by atoms with E-state index in [2.05, 4.69) is 5.10 Å². The molecule has 0 aliphatic carbocycles. The summed E-state index contributed by atoms with van der Waals surface area (Å²) in [5.41, 5.74) is 1.44. The van der Waals surface area contributed by atoms with Gasteiger partial charge >= 0.3 is 0 Å². The zero-order valence-corrected chi connectivity index (χ0v) is 11.7. The second-order valence-electron chi connectivity index (χ2n) is 4.22.